The molecule has 2 aromatic heterocycles. The molecule has 162 valence electrons. The molecule has 6 nitrogen and oxygen atoms in total. The standard InChI is InChI=1S/C25H29N3O3/c1-25(24(30)26-19-10-6-3-7-11-19)17-27-20-13-15-31-22(20)16-21(27)23(29)28(25)14-12-18-8-4-2-5-9-18/h2,4-5,8-9,13,15-16,19H,3,6-7,10-12,14,17H2,1H3,(H,26,30)/t25-/m0/s1. The first kappa shape index (κ1) is 19.9. The van der Waals surface area contributed by atoms with Crippen LogP contribution in [0, 0.1) is 0 Å². The van der Waals surface area contributed by atoms with E-state index in [9.17, 15) is 9.59 Å². The first-order valence-corrected chi connectivity index (χ1v) is 11.3. The Labute approximate surface area is 182 Å². The van der Waals surface area contributed by atoms with Crippen LogP contribution in [0.2, 0.25) is 0 Å². The van der Waals surface area contributed by atoms with Crippen molar-refractivity contribution in [3.63, 3.8) is 0 Å². The molecule has 5 rings (SSSR count). The lowest BCUT2D eigenvalue weighted by Crippen LogP contribution is -2.65. The van der Waals surface area contributed by atoms with Gasteiger partial charge in [0.25, 0.3) is 5.91 Å². The first-order chi connectivity index (χ1) is 15.1. The van der Waals surface area contributed by atoms with Gasteiger partial charge in [-0.25, -0.2) is 0 Å². The monoisotopic (exact) mass is 419 g/mol. The van der Waals surface area contributed by atoms with E-state index in [4.69, 9.17) is 4.42 Å². The molecule has 0 unspecified atom stereocenters. The molecule has 1 N–H and O–H groups in total. The summed E-state index contributed by atoms with van der Waals surface area (Å²) in [6, 6.07) is 14.0. The molecule has 0 radical (unpaired) electrons. The van der Waals surface area contributed by atoms with Gasteiger partial charge in [-0.3, -0.25) is 9.59 Å². The lowest BCUT2D eigenvalue weighted by molar-refractivity contribution is -0.133. The second kappa shape index (κ2) is 7.91. The molecule has 31 heavy (non-hydrogen) atoms. The van der Waals surface area contributed by atoms with Crippen LogP contribution in [0.1, 0.15) is 55.1 Å². The van der Waals surface area contributed by atoms with Crippen molar-refractivity contribution in [3.05, 3.63) is 60.0 Å². The van der Waals surface area contributed by atoms with Crippen LogP contribution in [0.3, 0.4) is 0 Å². The van der Waals surface area contributed by atoms with Gasteiger partial charge in [-0.05, 0) is 31.7 Å². The third-order valence-electron chi connectivity index (χ3n) is 6.95. The number of nitrogens with zero attached hydrogens (tertiary/aromatic N) is 2. The summed E-state index contributed by atoms with van der Waals surface area (Å²) >= 11 is 0. The van der Waals surface area contributed by atoms with E-state index in [0.717, 1.165) is 36.8 Å². The molecule has 6 heteroatoms. The van der Waals surface area contributed by atoms with E-state index >= 15 is 0 Å². The van der Waals surface area contributed by atoms with Crippen LogP contribution in [-0.2, 0) is 17.8 Å². The number of nitrogens with one attached hydrogen (secondary N) is 1. The second-order valence-electron chi connectivity index (χ2n) is 9.06. The summed E-state index contributed by atoms with van der Waals surface area (Å²) in [6.45, 7) is 2.82. The highest BCUT2D eigenvalue weighted by Crippen LogP contribution is 2.33. The smallest absolute Gasteiger partial charge is 0.271 e. The van der Waals surface area contributed by atoms with Crippen LogP contribution >= 0.6 is 0 Å². The van der Waals surface area contributed by atoms with Crippen LogP contribution in [0.4, 0.5) is 0 Å². The van der Waals surface area contributed by atoms with Crippen molar-refractivity contribution in [2.75, 3.05) is 6.54 Å². The normalized spacial score (nSPS) is 22.0. The molecular weight excluding hydrogens is 390 g/mol. The van der Waals surface area contributed by atoms with E-state index in [1.165, 1.54) is 6.42 Å². The maximum absolute atomic E-state index is 13.6. The maximum Gasteiger partial charge on any atom is 0.271 e. The lowest BCUT2D eigenvalue weighted by atomic mass is 9.91. The Bertz CT molecular complexity index is 1090. The third kappa shape index (κ3) is 3.54. The first-order valence-electron chi connectivity index (χ1n) is 11.3. The van der Waals surface area contributed by atoms with Crippen molar-refractivity contribution in [2.24, 2.45) is 0 Å². The van der Waals surface area contributed by atoms with Gasteiger partial charge in [0.15, 0.2) is 5.58 Å². The van der Waals surface area contributed by atoms with Gasteiger partial charge in [0, 0.05) is 24.7 Å². The average Bonchev–Trinajstić information content (AvgIpc) is 3.37. The fourth-order valence-corrected chi connectivity index (χ4v) is 5.10. The van der Waals surface area contributed by atoms with Crippen molar-refractivity contribution < 1.29 is 14.0 Å². The van der Waals surface area contributed by atoms with Gasteiger partial charge in [0.05, 0.1) is 18.3 Å². The Morgan fingerprint density at radius 3 is 2.71 bits per heavy atom. The lowest BCUT2D eigenvalue weighted by Gasteiger charge is -2.44. The number of hydrogen-bond donors (Lipinski definition) is 1. The molecule has 2 amide bonds. The second-order valence-corrected chi connectivity index (χ2v) is 9.06. The number of carbonyl (C=O) groups excluding carboxylic acids is 2. The van der Waals surface area contributed by atoms with E-state index in [1.807, 2.05) is 35.8 Å². The molecule has 0 bridgehead atoms. The summed E-state index contributed by atoms with van der Waals surface area (Å²) in [7, 11) is 0. The summed E-state index contributed by atoms with van der Waals surface area (Å²) in [6.07, 6.45) is 7.89. The minimum Gasteiger partial charge on any atom is -0.463 e. The van der Waals surface area contributed by atoms with E-state index < -0.39 is 5.54 Å². The van der Waals surface area contributed by atoms with Gasteiger partial charge in [0.1, 0.15) is 11.2 Å². The number of rotatable bonds is 5. The summed E-state index contributed by atoms with van der Waals surface area (Å²) in [5.41, 5.74) is 2.33. The van der Waals surface area contributed by atoms with Gasteiger partial charge in [-0.1, -0.05) is 49.6 Å². The van der Waals surface area contributed by atoms with Crippen LogP contribution in [0.5, 0.6) is 0 Å². The van der Waals surface area contributed by atoms with Crippen molar-refractivity contribution in [1.82, 2.24) is 14.8 Å². The van der Waals surface area contributed by atoms with E-state index in [1.54, 1.807) is 17.2 Å². The molecule has 3 aromatic rings. The summed E-state index contributed by atoms with van der Waals surface area (Å²) < 4.78 is 7.49. The molecule has 0 saturated heterocycles. The van der Waals surface area contributed by atoms with Gasteiger partial charge < -0.3 is 19.2 Å². The SMILES string of the molecule is C[C@@]1(C(=O)NC2CCCCC2)Cn2c(cc3occc32)C(=O)N1CCc1ccccc1. The minimum absolute atomic E-state index is 0.0585. The molecule has 1 fully saturated rings. The zero-order valence-electron chi connectivity index (χ0n) is 18.0. The van der Waals surface area contributed by atoms with Gasteiger partial charge in [-0.15, -0.1) is 0 Å². The number of fused-ring (bicyclic) bond motifs is 3. The molecule has 1 atom stereocenters. The Kier molecular flexibility index (Phi) is 5.08. The molecule has 1 aliphatic carbocycles. The van der Waals surface area contributed by atoms with Gasteiger partial charge in [-0.2, -0.15) is 0 Å². The molecular formula is C25H29N3O3. The summed E-state index contributed by atoms with van der Waals surface area (Å²) in [5.74, 6) is -0.174. The quantitative estimate of drug-likeness (QED) is 0.676. The number of aromatic nitrogens is 1. The van der Waals surface area contributed by atoms with Crippen molar-refractivity contribution in [1.29, 1.82) is 0 Å². The molecule has 0 spiro atoms. The number of benzene rings is 1. The van der Waals surface area contributed by atoms with Gasteiger partial charge in [0.2, 0.25) is 5.91 Å². The average molecular weight is 420 g/mol. The predicted molar refractivity (Wildman–Crippen MR) is 119 cm³/mol. The number of furan rings is 1. The zero-order valence-corrected chi connectivity index (χ0v) is 18.0. The topological polar surface area (TPSA) is 67.5 Å². The maximum atomic E-state index is 13.6. The summed E-state index contributed by atoms with van der Waals surface area (Å²) in [5, 5.41) is 3.27. The highest BCUT2D eigenvalue weighted by molar-refractivity contribution is 6.02. The van der Waals surface area contributed by atoms with Gasteiger partial charge >= 0.3 is 0 Å². The van der Waals surface area contributed by atoms with Crippen LogP contribution in [0.25, 0.3) is 11.1 Å². The van der Waals surface area contributed by atoms with E-state index in [2.05, 4.69) is 17.4 Å². The minimum atomic E-state index is -0.959. The third-order valence-corrected chi connectivity index (χ3v) is 6.95. The number of carbonyl (C=O) groups is 2. The highest BCUT2D eigenvalue weighted by atomic mass is 16.3. The Morgan fingerprint density at radius 2 is 1.94 bits per heavy atom. The molecule has 3 heterocycles. The largest absolute Gasteiger partial charge is 0.463 e. The molecule has 1 aliphatic heterocycles. The van der Waals surface area contributed by atoms with Crippen LogP contribution in [0.15, 0.2) is 53.1 Å². The van der Waals surface area contributed by atoms with Crippen molar-refractivity contribution >= 4 is 22.9 Å². The fourth-order valence-electron chi connectivity index (χ4n) is 5.10. The van der Waals surface area contributed by atoms with Crippen LogP contribution in [-0.4, -0.2) is 39.4 Å². The molecule has 1 aromatic carbocycles. The summed E-state index contributed by atoms with van der Waals surface area (Å²) in [4.78, 5) is 29.0. The van der Waals surface area contributed by atoms with Crippen molar-refractivity contribution in [2.45, 2.75) is 63.6 Å². The Balaban J connectivity index is 1.47. The zero-order chi connectivity index (χ0) is 21.4. The Hall–Kier alpha value is -3.02. The highest BCUT2D eigenvalue weighted by Gasteiger charge is 2.48. The Morgan fingerprint density at radius 1 is 1.16 bits per heavy atom. The predicted octanol–water partition coefficient (Wildman–Crippen LogP) is 4.14. The van der Waals surface area contributed by atoms with E-state index in [-0.39, 0.29) is 17.9 Å². The number of hydrogen-bond acceptors (Lipinski definition) is 3. The van der Waals surface area contributed by atoms with E-state index in [0.29, 0.717) is 30.8 Å². The fraction of sp³-hybridized carbons (Fsp3) is 0.440. The van der Waals surface area contributed by atoms with Crippen LogP contribution < -0.4 is 5.32 Å². The van der Waals surface area contributed by atoms with Crippen molar-refractivity contribution in [3.8, 4) is 0 Å². The molecule has 2 aliphatic rings. The number of amides is 2. The molecule has 1 saturated carbocycles.